The fraction of sp³-hybridized carbons (Fsp3) is 0.500. The number of nitriles is 1. The van der Waals surface area contributed by atoms with Crippen LogP contribution in [0.1, 0.15) is 56.3 Å². The minimum Gasteiger partial charge on any atom is -0.349 e. The van der Waals surface area contributed by atoms with Crippen molar-refractivity contribution in [2.75, 3.05) is 0 Å². The van der Waals surface area contributed by atoms with Crippen LogP contribution in [0.2, 0.25) is 0 Å². The van der Waals surface area contributed by atoms with Crippen molar-refractivity contribution >= 4 is 5.91 Å². The molecule has 1 aromatic carbocycles. The van der Waals surface area contributed by atoms with Gasteiger partial charge in [0.05, 0.1) is 30.1 Å². The molecule has 2 aliphatic rings. The largest absolute Gasteiger partial charge is 0.349 e. The summed E-state index contributed by atoms with van der Waals surface area (Å²) in [6.07, 6.45) is 10.4. The van der Waals surface area contributed by atoms with E-state index < -0.39 is 0 Å². The lowest BCUT2D eigenvalue weighted by molar-refractivity contribution is -0.127. The lowest BCUT2D eigenvalue weighted by Crippen LogP contribution is -2.37. The van der Waals surface area contributed by atoms with E-state index in [0.29, 0.717) is 12.1 Å². The fourth-order valence-corrected chi connectivity index (χ4v) is 4.78. The Morgan fingerprint density at radius 1 is 1.22 bits per heavy atom. The van der Waals surface area contributed by atoms with Crippen LogP contribution in [0.4, 0.5) is 0 Å². The molecule has 1 heterocycles. The van der Waals surface area contributed by atoms with Crippen molar-refractivity contribution in [2.24, 2.45) is 17.8 Å². The summed E-state index contributed by atoms with van der Waals surface area (Å²) in [5, 5.41) is 12.1. The van der Waals surface area contributed by atoms with Crippen molar-refractivity contribution in [3.05, 3.63) is 41.9 Å². The highest BCUT2D eigenvalue weighted by Crippen LogP contribution is 2.42. The number of aromatic amines is 1. The van der Waals surface area contributed by atoms with Gasteiger partial charge in [0.2, 0.25) is 5.91 Å². The van der Waals surface area contributed by atoms with Gasteiger partial charge in [-0.05, 0) is 43.2 Å². The van der Waals surface area contributed by atoms with Gasteiger partial charge in [-0.25, -0.2) is 4.98 Å². The Labute approximate surface area is 160 Å². The van der Waals surface area contributed by atoms with Gasteiger partial charge < -0.3 is 10.3 Å². The minimum absolute atomic E-state index is 0.158. The van der Waals surface area contributed by atoms with Gasteiger partial charge in [-0.3, -0.25) is 4.79 Å². The van der Waals surface area contributed by atoms with Crippen LogP contribution < -0.4 is 5.32 Å². The summed E-state index contributed by atoms with van der Waals surface area (Å²) in [5.41, 5.74) is 2.41. The first-order valence-corrected chi connectivity index (χ1v) is 10.0. The third kappa shape index (κ3) is 4.05. The third-order valence-electron chi connectivity index (χ3n) is 6.27. The summed E-state index contributed by atoms with van der Waals surface area (Å²) in [6.45, 7) is 0.418. The van der Waals surface area contributed by atoms with Gasteiger partial charge in [0.1, 0.15) is 5.82 Å². The summed E-state index contributed by atoms with van der Waals surface area (Å²) in [6, 6.07) is 9.56. The molecule has 1 amide bonds. The highest BCUT2D eigenvalue weighted by molar-refractivity contribution is 5.78. The molecule has 0 aliphatic heterocycles. The van der Waals surface area contributed by atoms with Gasteiger partial charge in [-0.2, -0.15) is 5.26 Å². The second-order valence-electron chi connectivity index (χ2n) is 7.97. The van der Waals surface area contributed by atoms with Crippen molar-refractivity contribution in [1.29, 1.82) is 5.26 Å². The first kappa shape index (κ1) is 17.8. The smallest absolute Gasteiger partial charge is 0.223 e. The van der Waals surface area contributed by atoms with Crippen LogP contribution in [-0.4, -0.2) is 15.9 Å². The Kier molecular flexibility index (Phi) is 5.24. The predicted molar refractivity (Wildman–Crippen MR) is 103 cm³/mol. The van der Waals surface area contributed by atoms with Crippen LogP contribution in [-0.2, 0) is 11.3 Å². The third-order valence-corrected chi connectivity index (χ3v) is 6.27. The Balaban J connectivity index is 1.33. The fourth-order valence-electron chi connectivity index (χ4n) is 4.78. The van der Waals surface area contributed by atoms with Gasteiger partial charge in [0.25, 0.3) is 0 Å². The molecule has 2 fully saturated rings. The second-order valence-corrected chi connectivity index (χ2v) is 7.97. The first-order valence-electron chi connectivity index (χ1n) is 10.0. The molecule has 2 aromatic rings. The molecule has 2 saturated carbocycles. The summed E-state index contributed by atoms with van der Waals surface area (Å²) in [7, 11) is 0. The SMILES string of the molecule is N#Cc1cccc(-c2cnc(CNC(=O)C3CCC4CCCCC4C3)[nH]2)c1. The quantitative estimate of drug-likeness (QED) is 0.856. The molecule has 2 N–H and O–H groups in total. The van der Waals surface area contributed by atoms with E-state index in [1.165, 1.54) is 32.1 Å². The molecule has 27 heavy (non-hydrogen) atoms. The number of nitrogens with one attached hydrogen (secondary N) is 2. The number of benzene rings is 1. The van der Waals surface area contributed by atoms with E-state index in [-0.39, 0.29) is 11.8 Å². The van der Waals surface area contributed by atoms with Crippen LogP contribution >= 0.6 is 0 Å². The molecule has 1 aromatic heterocycles. The molecule has 0 radical (unpaired) electrons. The molecule has 0 saturated heterocycles. The van der Waals surface area contributed by atoms with E-state index in [1.54, 1.807) is 12.3 Å². The number of carbonyl (C=O) groups excluding carboxylic acids is 1. The van der Waals surface area contributed by atoms with E-state index in [4.69, 9.17) is 5.26 Å². The number of H-pyrrole nitrogens is 1. The number of hydrogen-bond donors (Lipinski definition) is 2. The van der Waals surface area contributed by atoms with Crippen LogP contribution in [0.5, 0.6) is 0 Å². The molecule has 3 atom stereocenters. The maximum absolute atomic E-state index is 12.6. The first-order chi connectivity index (χ1) is 13.2. The molecule has 3 unspecified atom stereocenters. The molecule has 0 bridgehead atoms. The lowest BCUT2D eigenvalue weighted by Gasteiger charge is -2.38. The zero-order chi connectivity index (χ0) is 18.6. The van der Waals surface area contributed by atoms with E-state index >= 15 is 0 Å². The molecular formula is C22H26N4O. The topological polar surface area (TPSA) is 81.6 Å². The Hall–Kier alpha value is -2.61. The van der Waals surface area contributed by atoms with Gasteiger partial charge in [-0.1, -0.05) is 37.8 Å². The standard InChI is InChI=1S/C22H26N4O/c23-12-15-4-3-7-18(10-15)20-13-24-21(26-20)14-25-22(27)19-9-8-16-5-1-2-6-17(16)11-19/h3-4,7,10,13,16-17,19H,1-2,5-6,8-9,11,14H2,(H,24,26)(H,25,27). The molecule has 140 valence electrons. The van der Waals surface area contributed by atoms with Crippen molar-refractivity contribution < 1.29 is 4.79 Å². The van der Waals surface area contributed by atoms with E-state index in [1.807, 2.05) is 18.2 Å². The zero-order valence-electron chi connectivity index (χ0n) is 15.6. The number of hydrogen-bond acceptors (Lipinski definition) is 3. The maximum Gasteiger partial charge on any atom is 0.223 e. The molecule has 2 aliphatic carbocycles. The minimum atomic E-state index is 0.158. The van der Waals surface area contributed by atoms with Crippen LogP contribution in [0.15, 0.2) is 30.5 Å². The number of amides is 1. The van der Waals surface area contributed by atoms with Crippen molar-refractivity contribution in [3.63, 3.8) is 0 Å². The molecule has 5 heteroatoms. The average molecular weight is 362 g/mol. The van der Waals surface area contributed by atoms with Gasteiger partial charge in [-0.15, -0.1) is 0 Å². The van der Waals surface area contributed by atoms with Crippen LogP contribution in [0.25, 0.3) is 11.3 Å². The summed E-state index contributed by atoms with van der Waals surface area (Å²) in [4.78, 5) is 20.2. The summed E-state index contributed by atoms with van der Waals surface area (Å²) < 4.78 is 0. The number of imidazole rings is 1. The van der Waals surface area contributed by atoms with Gasteiger partial charge in [0.15, 0.2) is 0 Å². The second kappa shape index (κ2) is 7.96. The summed E-state index contributed by atoms with van der Waals surface area (Å²) in [5.74, 6) is 2.69. The van der Waals surface area contributed by atoms with Gasteiger partial charge >= 0.3 is 0 Å². The average Bonchev–Trinajstić information content (AvgIpc) is 3.21. The normalized spacial score (nSPS) is 24.6. The van der Waals surface area contributed by atoms with Crippen molar-refractivity contribution in [2.45, 2.75) is 51.5 Å². The monoisotopic (exact) mass is 362 g/mol. The highest BCUT2D eigenvalue weighted by atomic mass is 16.1. The molecule has 0 spiro atoms. The van der Waals surface area contributed by atoms with E-state index in [9.17, 15) is 4.79 Å². The van der Waals surface area contributed by atoms with Crippen molar-refractivity contribution in [1.82, 2.24) is 15.3 Å². The number of carbonyl (C=O) groups is 1. The highest BCUT2D eigenvalue weighted by Gasteiger charge is 2.34. The maximum atomic E-state index is 12.6. The van der Waals surface area contributed by atoms with Gasteiger partial charge in [0, 0.05) is 11.5 Å². The predicted octanol–water partition coefficient (Wildman–Crippen LogP) is 4.17. The van der Waals surface area contributed by atoms with Crippen LogP contribution in [0.3, 0.4) is 0 Å². The lowest BCUT2D eigenvalue weighted by atomic mass is 9.67. The Morgan fingerprint density at radius 3 is 2.93 bits per heavy atom. The number of nitrogens with zero attached hydrogens (tertiary/aromatic N) is 2. The number of aromatic nitrogens is 2. The Bertz CT molecular complexity index is 850. The summed E-state index contributed by atoms with van der Waals surface area (Å²) >= 11 is 0. The molecule has 4 rings (SSSR count). The zero-order valence-corrected chi connectivity index (χ0v) is 15.6. The van der Waals surface area contributed by atoms with Crippen molar-refractivity contribution in [3.8, 4) is 17.3 Å². The number of fused-ring (bicyclic) bond motifs is 1. The molecule has 5 nitrogen and oxygen atoms in total. The van der Waals surface area contributed by atoms with E-state index in [0.717, 1.165) is 41.8 Å². The van der Waals surface area contributed by atoms with Crippen LogP contribution in [0, 0.1) is 29.1 Å². The number of rotatable bonds is 4. The van der Waals surface area contributed by atoms with E-state index in [2.05, 4.69) is 21.4 Å². The molecular weight excluding hydrogens is 336 g/mol. The Morgan fingerprint density at radius 2 is 2.07 bits per heavy atom.